The number of piperidine rings is 1. The Kier molecular flexibility index (Phi) is 4.98. The maximum atomic E-state index is 12.2. The van der Waals surface area contributed by atoms with Gasteiger partial charge in [-0.25, -0.2) is 0 Å². The van der Waals surface area contributed by atoms with Crippen LogP contribution in [0.25, 0.3) is 0 Å². The van der Waals surface area contributed by atoms with Crippen molar-refractivity contribution in [2.75, 3.05) is 19.6 Å². The molecular formula is C18H27NO. The standard InChI is InChI=1S/C18H27NO/c1-18(2,3)16-9-7-15(8-10-16)17(20)11-14-19-12-5-4-6-13-19/h7-10H,4-6,11-14H2,1-3H3. The highest BCUT2D eigenvalue weighted by molar-refractivity contribution is 5.96. The van der Waals surface area contributed by atoms with Gasteiger partial charge in [-0.05, 0) is 36.9 Å². The molecule has 0 amide bonds. The summed E-state index contributed by atoms with van der Waals surface area (Å²) in [4.78, 5) is 14.6. The number of carbonyl (C=O) groups excluding carboxylic acids is 1. The highest BCUT2D eigenvalue weighted by atomic mass is 16.1. The van der Waals surface area contributed by atoms with Crippen LogP contribution < -0.4 is 0 Å². The average molecular weight is 273 g/mol. The third-order valence-corrected chi connectivity index (χ3v) is 4.18. The van der Waals surface area contributed by atoms with E-state index in [0.29, 0.717) is 6.42 Å². The van der Waals surface area contributed by atoms with Gasteiger partial charge in [-0.1, -0.05) is 51.5 Å². The van der Waals surface area contributed by atoms with Crippen LogP contribution in [0, 0.1) is 0 Å². The molecule has 1 saturated heterocycles. The van der Waals surface area contributed by atoms with Gasteiger partial charge >= 0.3 is 0 Å². The van der Waals surface area contributed by atoms with Crippen molar-refractivity contribution in [2.45, 2.75) is 51.9 Å². The highest BCUT2D eigenvalue weighted by Gasteiger charge is 2.15. The summed E-state index contributed by atoms with van der Waals surface area (Å²) < 4.78 is 0. The summed E-state index contributed by atoms with van der Waals surface area (Å²) in [5, 5.41) is 0. The van der Waals surface area contributed by atoms with Crippen molar-refractivity contribution in [1.82, 2.24) is 4.90 Å². The van der Waals surface area contributed by atoms with Gasteiger partial charge in [0.25, 0.3) is 0 Å². The van der Waals surface area contributed by atoms with E-state index in [1.807, 2.05) is 12.1 Å². The molecule has 2 nitrogen and oxygen atoms in total. The summed E-state index contributed by atoms with van der Waals surface area (Å²) in [6.45, 7) is 9.83. The van der Waals surface area contributed by atoms with E-state index in [-0.39, 0.29) is 11.2 Å². The normalized spacial score (nSPS) is 17.1. The average Bonchev–Trinajstić information content (AvgIpc) is 2.45. The molecule has 0 unspecified atom stereocenters. The molecule has 1 fully saturated rings. The van der Waals surface area contributed by atoms with Gasteiger partial charge < -0.3 is 4.90 Å². The van der Waals surface area contributed by atoms with E-state index in [4.69, 9.17) is 0 Å². The van der Waals surface area contributed by atoms with Crippen molar-refractivity contribution in [3.05, 3.63) is 35.4 Å². The predicted molar refractivity (Wildman–Crippen MR) is 84.4 cm³/mol. The lowest BCUT2D eigenvalue weighted by Gasteiger charge is -2.26. The first-order valence-corrected chi connectivity index (χ1v) is 7.83. The minimum atomic E-state index is 0.148. The van der Waals surface area contributed by atoms with E-state index in [2.05, 4.69) is 37.8 Å². The molecule has 20 heavy (non-hydrogen) atoms. The zero-order valence-corrected chi connectivity index (χ0v) is 13.1. The van der Waals surface area contributed by atoms with Crippen LogP contribution in [0.2, 0.25) is 0 Å². The van der Waals surface area contributed by atoms with Gasteiger partial charge in [0.05, 0.1) is 0 Å². The number of hydrogen-bond donors (Lipinski definition) is 0. The van der Waals surface area contributed by atoms with E-state index >= 15 is 0 Å². The number of benzene rings is 1. The van der Waals surface area contributed by atoms with Gasteiger partial charge in [0.15, 0.2) is 5.78 Å². The number of nitrogens with zero attached hydrogens (tertiary/aromatic N) is 1. The summed E-state index contributed by atoms with van der Waals surface area (Å²) in [5.41, 5.74) is 2.29. The molecule has 0 spiro atoms. The van der Waals surface area contributed by atoms with Crippen LogP contribution in [0.15, 0.2) is 24.3 Å². The second-order valence-electron chi connectivity index (χ2n) is 6.90. The minimum absolute atomic E-state index is 0.148. The minimum Gasteiger partial charge on any atom is -0.303 e. The lowest BCUT2D eigenvalue weighted by molar-refractivity contribution is 0.0958. The number of ketones is 1. The van der Waals surface area contributed by atoms with Crippen LogP contribution in [0.3, 0.4) is 0 Å². The van der Waals surface area contributed by atoms with Crippen LogP contribution in [0.4, 0.5) is 0 Å². The Morgan fingerprint density at radius 3 is 2.20 bits per heavy atom. The first-order chi connectivity index (χ1) is 9.47. The molecule has 2 rings (SSSR count). The number of hydrogen-bond acceptors (Lipinski definition) is 2. The third-order valence-electron chi connectivity index (χ3n) is 4.18. The molecule has 0 radical (unpaired) electrons. The lowest BCUT2D eigenvalue weighted by atomic mass is 9.86. The van der Waals surface area contributed by atoms with Gasteiger partial charge in [0, 0.05) is 18.5 Å². The smallest absolute Gasteiger partial charge is 0.164 e. The molecule has 1 aliphatic heterocycles. The molecule has 1 heterocycles. The summed E-state index contributed by atoms with van der Waals surface area (Å²) >= 11 is 0. The second-order valence-corrected chi connectivity index (χ2v) is 6.90. The van der Waals surface area contributed by atoms with Gasteiger partial charge in [-0.15, -0.1) is 0 Å². The largest absolute Gasteiger partial charge is 0.303 e. The van der Waals surface area contributed by atoms with Crippen molar-refractivity contribution in [3.63, 3.8) is 0 Å². The monoisotopic (exact) mass is 273 g/mol. The molecule has 0 saturated carbocycles. The molecule has 0 bridgehead atoms. The zero-order valence-electron chi connectivity index (χ0n) is 13.1. The van der Waals surface area contributed by atoms with Gasteiger partial charge in [-0.2, -0.15) is 0 Å². The van der Waals surface area contributed by atoms with Crippen molar-refractivity contribution in [3.8, 4) is 0 Å². The van der Waals surface area contributed by atoms with Crippen LogP contribution in [0.5, 0.6) is 0 Å². The number of Topliss-reactive ketones (excluding diaryl/α,β-unsaturated/α-hetero) is 1. The molecule has 110 valence electrons. The molecule has 0 aromatic heterocycles. The van der Waals surface area contributed by atoms with E-state index in [1.54, 1.807) is 0 Å². The summed E-state index contributed by atoms with van der Waals surface area (Å²) in [7, 11) is 0. The Morgan fingerprint density at radius 2 is 1.65 bits per heavy atom. The third kappa shape index (κ3) is 4.17. The van der Waals surface area contributed by atoms with Crippen molar-refractivity contribution < 1.29 is 4.79 Å². The van der Waals surface area contributed by atoms with Crippen molar-refractivity contribution >= 4 is 5.78 Å². The fraction of sp³-hybridized carbons (Fsp3) is 0.611. The molecule has 0 atom stereocenters. The van der Waals surface area contributed by atoms with Crippen LogP contribution in [-0.2, 0) is 5.41 Å². The summed E-state index contributed by atoms with van der Waals surface area (Å²) in [6.07, 6.45) is 4.57. The van der Waals surface area contributed by atoms with E-state index in [9.17, 15) is 4.79 Å². The van der Waals surface area contributed by atoms with Gasteiger partial charge in [-0.3, -0.25) is 4.79 Å². The number of rotatable bonds is 4. The Bertz CT molecular complexity index is 435. The first kappa shape index (κ1) is 15.2. The molecular weight excluding hydrogens is 246 g/mol. The summed E-state index contributed by atoms with van der Waals surface area (Å²) in [6, 6.07) is 8.15. The van der Waals surface area contributed by atoms with Gasteiger partial charge in [0.1, 0.15) is 0 Å². The highest BCUT2D eigenvalue weighted by Crippen LogP contribution is 2.22. The van der Waals surface area contributed by atoms with Crippen molar-refractivity contribution in [2.24, 2.45) is 0 Å². The number of carbonyl (C=O) groups is 1. The molecule has 1 aliphatic rings. The van der Waals surface area contributed by atoms with E-state index < -0.39 is 0 Å². The Labute approximate surface area is 123 Å². The lowest BCUT2D eigenvalue weighted by Crippen LogP contribution is -2.31. The molecule has 1 aromatic carbocycles. The Balaban J connectivity index is 1.89. The van der Waals surface area contributed by atoms with Crippen molar-refractivity contribution in [1.29, 1.82) is 0 Å². The maximum Gasteiger partial charge on any atom is 0.164 e. The fourth-order valence-electron chi connectivity index (χ4n) is 2.74. The zero-order chi connectivity index (χ0) is 14.6. The molecule has 0 aliphatic carbocycles. The maximum absolute atomic E-state index is 12.2. The predicted octanol–water partition coefficient (Wildman–Crippen LogP) is 4.04. The van der Waals surface area contributed by atoms with Gasteiger partial charge in [0.2, 0.25) is 0 Å². The SMILES string of the molecule is CC(C)(C)c1ccc(C(=O)CCN2CCCCC2)cc1. The topological polar surface area (TPSA) is 20.3 Å². The fourth-order valence-corrected chi connectivity index (χ4v) is 2.74. The quantitative estimate of drug-likeness (QED) is 0.772. The number of likely N-dealkylation sites (tertiary alicyclic amines) is 1. The van der Waals surface area contributed by atoms with E-state index in [0.717, 1.165) is 25.2 Å². The second kappa shape index (κ2) is 6.53. The Morgan fingerprint density at radius 1 is 1.05 bits per heavy atom. The molecule has 0 N–H and O–H groups in total. The van der Waals surface area contributed by atoms with Crippen LogP contribution in [0.1, 0.15) is 62.4 Å². The first-order valence-electron chi connectivity index (χ1n) is 7.83. The molecule has 2 heteroatoms. The van der Waals surface area contributed by atoms with Crippen LogP contribution in [-0.4, -0.2) is 30.3 Å². The Hall–Kier alpha value is -1.15. The van der Waals surface area contributed by atoms with E-state index in [1.165, 1.54) is 24.8 Å². The van der Waals surface area contributed by atoms with Crippen LogP contribution >= 0.6 is 0 Å². The molecule has 1 aromatic rings. The summed E-state index contributed by atoms with van der Waals surface area (Å²) in [5.74, 6) is 0.274.